The lowest BCUT2D eigenvalue weighted by atomic mass is 9.55. The Hall–Kier alpha value is -3.28. The molecular weight excluding hydrogens is 379 g/mol. The first-order valence-corrected chi connectivity index (χ1v) is 9.05. The topological polar surface area (TPSA) is 101 Å². The molecule has 8 heteroatoms. The molecule has 2 aliphatic rings. The molecule has 1 unspecified atom stereocenters. The molecule has 0 spiro atoms. The summed E-state index contributed by atoms with van der Waals surface area (Å²) < 4.78 is 41.4. The Kier molecular flexibility index (Phi) is 5.13. The number of nitrogens with zero attached hydrogens (tertiary/aromatic N) is 4. The Morgan fingerprint density at radius 2 is 1.86 bits per heavy atom. The fraction of sp³-hybridized carbons (Fsp3) is 0.381. The van der Waals surface area contributed by atoms with Gasteiger partial charge in [-0.15, -0.1) is 0 Å². The van der Waals surface area contributed by atoms with E-state index in [1.165, 1.54) is 18.2 Å². The molecule has 0 radical (unpaired) electrons. The Morgan fingerprint density at radius 3 is 2.41 bits per heavy atom. The molecule has 3 atom stereocenters. The van der Waals surface area contributed by atoms with E-state index in [4.69, 9.17) is 5.73 Å². The molecule has 0 bridgehead atoms. The van der Waals surface area contributed by atoms with E-state index in [2.05, 4.69) is 0 Å². The molecular formula is C21H18F3N5. The van der Waals surface area contributed by atoms with Gasteiger partial charge in [-0.2, -0.15) is 29.0 Å². The fourth-order valence-electron chi connectivity index (χ4n) is 4.37. The van der Waals surface area contributed by atoms with Crippen molar-refractivity contribution in [3.63, 3.8) is 0 Å². The van der Waals surface area contributed by atoms with E-state index in [9.17, 15) is 29.0 Å². The molecule has 5 nitrogen and oxygen atoms in total. The molecule has 0 fully saturated rings. The maximum atomic E-state index is 13.8. The SMILES string of the molecule is CCN1C=CC2=C(C#N)C(N)C(C#N)(C#N)[C@H](c3ccccc3C(F)(F)F)[C@H]2C1. The molecule has 2 N–H and O–H groups in total. The van der Waals surface area contributed by atoms with Gasteiger partial charge in [0.05, 0.1) is 35.4 Å². The van der Waals surface area contributed by atoms with Gasteiger partial charge in [-0.3, -0.25) is 0 Å². The minimum atomic E-state index is -4.66. The quantitative estimate of drug-likeness (QED) is 0.824. The number of nitriles is 3. The van der Waals surface area contributed by atoms with Gasteiger partial charge in [0.2, 0.25) is 0 Å². The minimum absolute atomic E-state index is 0.0749. The number of benzene rings is 1. The van der Waals surface area contributed by atoms with Crippen molar-refractivity contribution in [1.82, 2.24) is 4.90 Å². The first-order valence-electron chi connectivity index (χ1n) is 9.05. The van der Waals surface area contributed by atoms with Gasteiger partial charge in [-0.25, -0.2) is 0 Å². The predicted octanol–water partition coefficient (Wildman–Crippen LogP) is 3.45. The largest absolute Gasteiger partial charge is 0.416 e. The number of hydrogen-bond donors (Lipinski definition) is 1. The van der Waals surface area contributed by atoms with E-state index in [0.29, 0.717) is 12.1 Å². The van der Waals surface area contributed by atoms with Crippen molar-refractivity contribution in [2.24, 2.45) is 17.1 Å². The van der Waals surface area contributed by atoms with Crippen LogP contribution >= 0.6 is 0 Å². The van der Waals surface area contributed by atoms with Gasteiger partial charge in [0.15, 0.2) is 5.41 Å². The second-order valence-electron chi connectivity index (χ2n) is 7.12. The van der Waals surface area contributed by atoms with E-state index in [1.807, 2.05) is 30.0 Å². The molecule has 148 valence electrons. The zero-order chi connectivity index (χ0) is 21.4. The third kappa shape index (κ3) is 3.05. The molecule has 29 heavy (non-hydrogen) atoms. The molecule has 1 aliphatic carbocycles. The normalized spacial score (nSPS) is 25.6. The van der Waals surface area contributed by atoms with Crippen molar-refractivity contribution in [3.8, 4) is 18.2 Å². The third-order valence-electron chi connectivity index (χ3n) is 5.80. The van der Waals surface area contributed by atoms with E-state index >= 15 is 0 Å². The summed E-state index contributed by atoms with van der Waals surface area (Å²) in [5.74, 6) is -1.80. The number of hydrogen-bond acceptors (Lipinski definition) is 5. The van der Waals surface area contributed by atoms with E-state index in [1.54, 1.807) is 12.3 Å². The highest BCUT2D eigenvalue weighted by Gasteiger charge is 2.57. The van der Waals surface area contributed by atoms with Crippen LogP contribution in [0.15, 0.2) is 47.7 Å². The monoisotopic (exact) mass is 397 g/mol. The van der Waals surface area contributed by atoms with Crippen LogP contribution in [-0.4, -0.2) is 24.0 Å². The van der Waals surface area contributed by atoms with Gasteiger partial charge in [-0.1, -0.05) is 18.2 Å². The lowest BCUT2D eigenvalue weighted by Gasteiger charge is -2.47. The first-order chi connectivity index (χ1) is 13.7. The van der Waals surface area contributed by atoms with Crippen LogP contribution in [0.4, 0.5) is 13.2 Å². The standard InChI is InChI=1S/C21H18F3N5/c1-2-29-8-7-13-15(9-25)19(28)20(11-26,12-27)18(16(13)10-29)14-5-3-4-6-17(14)21(22,23)24/h3-8,16,18-19H,2,10,28H2,1H3/t16-,18+,19?/m0/s1. The van der Waals surface area contributed by atoms with Crippen LogP contribution in [-0.2, 0) is 6.18 Å². The van der Waals surface area contributed by atoms with Gasteiger partial charge >= 0.3 is 6.18 Å². The highest BCUT2D eigenvalue weighted by Crippen LogP contribution is 2.54. The number of halogens is 3. The summed E-state index contributed by atoms with van der Waals surface area (Å²) in [6.07, 6.45) is -1.24. The smallest absolute Gasteiger partial charge is 0.377 e. The highest BCUT2D eigenvalue weighted by molar-refractivity contribution is 5.54. The van der Waals surface area contributed by atoms with Gasteiger partial charge < -0.3 is 10.6 Å². The molecule has 0 saturated heterocycles. The summed E-state index contributed by atoms with van der Waals surface area (Å²) in [4.78, 5) is 1.88. The molecule has 0 amide bonds. The average molecular weight is 397 g/mol. The van der Waals surface area contributed by atoms with Gasteiger partial charge in [-0.05, 0) is 36.4 Å². The van der Waals surface area contributed by atoms with Crippen LogP contribution in [0.1, 0.15) is 24.0 Å². The molecule has 0 aromatic heterocycles. The van der Waals surface area contributed by atoms with Crippen LogP contribution in [0.3, 0.4) is 0 Å². The van der Waals surface area contributed by atoms with Crippen molar-refractivity contribution in [3.05, 3.63) is 58.8 Å². The summed E-state index contributed by atoms with van der Waals surface area (Å²) in [5.41, 5.74) is 3.71. The number of fused-ring (bicyclic) bond motifs is 1. The first kappa shape index (κ1) is 20.5. The minimum Gasteiger partial charge on any atom is -0.377 e. The number of alkyl halides is 3. The lowest BCUT2D eigenvalue weighted by molar-refractivity contribution is -0.138. The number of nitrogens with two attached hydrogens (primary N) is 1. The van der Waals surface area contributed by atoms with Crippen LogP contribution in [0.25, 0.3) is 0 Å². The molecule has 1 aromatic rings. The second kappa shape index (κ2) is 7.28. The van der Waals surface area contributed by atoms with Crippen LogP contribution < -0.4 is 5.73 Å². The summed E-state index contributed by atoms with van der Waals surface area (Å²) in [7, 11) is 0. The Balaban J connectivity index is 2.37. The van der Waals surface area contributed by atoms with Crippen LogP contribution in [0, 0.1) is 45.3 Å². The summed E-state index contributed by atoms with van der Waals surface area (Å²) in [5, 5.41) is 29.6. The summed E-state index contributed by atoms with van der Waals surface area (Å²) >= 11 is 0. The van der Waals surface area contributed by atoms with E-state index in [-0.39, 0.29) is 17.7 Å². The van der Waals surface area contributed by atoms with Crippen molar-refractivity contribution >= 4 is 0 Å². The third-order valence-corrected chi connectivity index (χ3v) is 5.80. The highest BCUT2D eigenvalue weighted by atomic mass is 19.4. The summed E-state index contributed by atoms with van der Waals surface area (Å²) in [6.45, 7) is 2.76. The van der Waals surface area contributed by atoms with Gasteiger partial charge in [0.1, 0.15) is 0 Å². The maximum Gasteiger partial charge on any atom is 0.416 e. The van der Waals surface area contributed by atoms with E-state index < -0.39 is 35.0 Å². The molecule has 1 aromatic carbocycles. The van der Waals surface area contributed by atoms with Crippen molar-refractivity contribution < 1.29 is 13.2 Å². The zero-order valence-corrected chi connectivity index (χ0v) is 15.6. The molecule has 3 rings (SSSR count). The van der Waals surface area contributed by atoms with Crippen molar-refractivity contribution in [1.29, 1.82) is 15.8 Å². The predicted molar refractivity (Wildman–Crippen MR) is 98.3 cm³/mol. The Labute approximate surface area is 166 Å². The summed E-state index contributed by atoms with van der Waals surface area (Å²) in [6, 6.07) is 9.42. The van der Waals surface area contributed by atoms with Crippen molar-refractivity contribution in [2.75, 3.05) is 13.1 Å². The number of allylic oxidation sites excluding steroid dienone is 1. The average Bonchev–Trinajstić information content (AvgIpc) is 2.72. The molecule has 1 heterocycles. The lowest BCUT2D eigenvalue weighted by Crippen LogP contribution is -2.54. The fourth-order valence-corrected chi connectivity index (χ4v) is 4.37. The number of rotatable bonds is 2. The van der Waals surface area contributed by atoms with Gasteiger partial charge in [0, 0.05) is 24.9 Å². The molecule has 0 saturated carbocycles. The maximum absolute atomic E-state index is 13.8. The van der Waals surface area contributed by atoms with Gasteiger partial charge in [0.25, 0.3) is 0 Å². The van der Waals surface area contributed by atoms with Crippen LogP contribution in [0.5, 0.6) is 0 Å². The second-order valence-corrected chi connectivity index (χ2v) is 7.12. The van der Waals surface area contributed by atoms with Crippen molar-refractivity contribution in [2.45, 2.75) is 25.1 Å². The molecule has 1 aliphatic heterocycles. The Morgan fingerprint density at radius 1 is 1.21 bits per heavy atom. The Bertz CT molecular complexity index is 989. The zero-order valence-electron chi connectivity index (χ0n) is 15.6. The van der Waals surface area contributed by atoms with E-state index in [0.717, 1.165) is 6.07 Å². The van der Waals surface area contributed by atoms with Crippen LogP contribution in [0.2, 0.25) is 0 Å².